The Bertz CT molecular complexity index is 303. The third-order valence-corrected chi connectivity index (χ3v) is 4.44. The van der Waals surface area contributed by atoms with Crippen molar-refractivity contribution in [3.8, 4) is 0 Å². The van der Waals surface area contributed by atoms with Crippen LogP contribution in [0.3, 0.4) is 0 Å². The van der Waals surface area contributed by atoms with Crippen molar-refractivity contribution >= 4 is 0 Å². The summed E-state index contributed by atoms with van der Waals surface area (Å²) in [5.74, 6) is 0. The Morgan fingerprint density at radius 2 is 2.18 bits per heavy atom. The van der Waals surface area contributed by atoms with Gasteiger partial charge in [-0.3, -0.25) is 0 Å². The summed E-state index contributed by atoms with van der Waals surface area (Å²) in [6, 6.07) is 0.600. The van der Waals surface area contributed by atoms with Crippen LogP contribution in [0.15, 0.2) is 11.1 Å². The van der Waals surface area contributed by atoms with Gasteiger partial charge in [0.05, 0.1) is 6.10 Å². The molecule has 2 fully saturated rings. The van der Waals surface area contributed by atoms with Crippen LogP contribution in [0.25, 0.3) is 0 Å². The first-order chi connectivity index (χ1) is 8.05. The number of hydrogen-bond acceptors (Lipinski definition) is 3. The molecule has 0 bridgehead atoms. The van der Waals surface area contributed by atoms with Gasteiger partial charge in [0, 0.05) is 37.7 Å². The molecular weight excluding hydrogens is 212 g/mol. The predicted octanol–water partition coefficient (Wildman–Crippen LogP) is 1.70. The zero-order valence-corrected chi connectivity index (χ0v) is 11.6. The summed E-state index contributed by atoms with van der Waals surface area (Å²) in [4.78, 5) is 0. The molecule has 0 amide bonds. The number of rotatable bonds is 5. The lowest BCUT2D eigenvalue weighted by Gasteiger charge is -2.52. The number of ether oxygens (including phenoxy) is 1. The molecule has 0 aromatic rings. The molecule has 1 saturated carbocycles. The van der Waals surface area contributed by atoms with Crippen LogP contribution in [0.1, 0.15) is 34.1 Å². The number of hydrogen-bond donors (Lipinski definition) is 2. The van der Waals surface area contributed by atoms with Crippen LogP contribution in [-0.2, 0) is 4.74 Å². The second kappa shape index (κ2) is 5.09. The Hall–Kier alpha value is -0.380. The van der Waals surface area contributed by atoms with Gasteiger partial charge in [0.1, 0.15) is 0 Å². The smallest absolute Gasteiger partial charge is 0.0655 e. The molecule has 98 valence electrons. The van der Waals surface area contributed by atoms with Crippen LogP contribution in [0, 0.1) is 5.41 Å². The summed E-state index contributed by atoms with van der Waals surface area (Å²) in [7, 11) is 0. The first-order valence-corrected chi connectivity index (χ1v) is 6.79. The minimum absolute atomic E-state index is 0.277. The molecule has 2 aliphatic rings. The van der Waals surface area contributed by atoms with Crippen molar-refractivity contribution in [2.45, 2.75) is 46.3 Å². The van der Waals surface area contributed by atoms with Gasteiger partial charge in [0.25, 0.3) is 0 Å². The van der Waals surface area contributed by atoms with E-state index in [1.807, 2.05) is 0 Å². The highest BCUT2D eigenvalue weighted by molar-refractivity contribution is 5.22. The second-order valence-corrected chi connectivity index (χ2v) is 5.92. The van der Waals surface area contributed by atoms with Gasteiger partial charge in [-0.1, -0.05) is 19.4 Å². The molecule has 0 aromatic heterocycles. The van der Waals surface area contributed by atoms with Gasteiger partial charge in [0.15, 0.2) is 0 Å². The normalized spacial score (nSPS) is 30.7. The van der Waals surface area contributed by atoms with Gasteiger partial charge in [-0.05, 0) is 25.8 Å². The molecule has 0 radical (unpaired) electrons. The summed E-state index contributed by atoms with van der Waals surface area (Å²) in [5, 5.41) is 6.97. The maximum atomic E-state index is 5.75. The van der Waals surface area contributed by atoms with E-state index < -0.39 is 0 Å². The standard InChI is InChI=1S/C14H26N2O/c1-5-17-13-6-12(14(13,3)4)16-7-10(2)11-8-15-9-11/h12-13,15-16H,5-9H2,1-4H3. The Morgan fingerprint density at radius 1 is 1.47 bits per heavy atom. The van der Waals surface area contributed by atoms with Crippen LogP contribution >= 0.6 is 0 Å². The minimum Gasteiger partial charge on any atom is -0.378 e. The lowest BCUT2D eigenvalue weighted by atomic mass is 9.64. The zero-order valence-electron chi connectivity index (χ0n) is 11.6. The SMILES string of the molecule is CCOC1CC(NCC(C)=C2CNC2)C1(C)C. The van der Waals surface area contributed by atoms with Crippen molar-refractivity contribution in [2.75, 3.05) is 26.2 Å². The van der Waals surface area contributed by atoms with Crippen molar-refractivity contribution in [2.24, 2.45) is 5.41 Å². The summed E-state index contributed by atoms with van der Waals surface area (Å²) in [6.45, 7) is 13.0. The van der Waals surface area contributed by atoms with Gasteiger partial charge < -0.3 is 15.4 Å². The predicted molar refractivity (Wildman–Crippen MR) is 71.2 cm³/mol. The molecule has 1 heterocycles. The molecular formula is C14H26N2O. The van der Waals surface area contributed by atoms with Crippen LogP contribution in [-0.4, -0.2) is 38.4 Å². The highest BCUT2D eigenvalue weighted by Crippen LogP contribution is 2.42. The van der Waals surface area contributed by atoms with Crippen molar-refractivity contribution in [1.82, 2.24) is 10.6 Å². The molecule has 1 aliphatic heterocycles. The lowest BCUT2D eigenvalue weighted by Crippen LogP contribution is -2.61. The Morgan fingerprint density at radius 3 is 2.65 bits per heavy atom. The Kier molecular flexibility index (Phi) is 3.91. The molecule has 1 aliphatic carbocycles. The van der Waals surface area contributed by atoms with Gasteiger partial charge >= 0.3 is 0 Å². The van der Waals surface area contributed by atoms with E-state index >= 15 is 0 Å². The van der Waals surface area contributed by atoms with Crippen molar-refractivity contribution in [3.05, 3.63) is 11.1 Å². The van der Waals surface area contributed by atoms with Crippen LogP contribution < -0.4 is 10.6 Å². The average molecular weight is 238 g/mol. The molecule has 2 unspecified atom stereocenters. The van der Waals surface area contributed by atoms with Crippen LogP contribution in [0.4, 0.5) is 0 Å². The fourth-order valence-electron chi connectivity index (χ4n) is 2.67. The van der Waals surface area contributed by atoms with E-state index in [0.717, 1.165) is 32.7 Å². The molecule has 3 nitrogen and oxygen atoms in total. The fourth-order valence-corrected chi connectivity index (χ4v) is 2.67. The highest BCUT2D eigenvalue weighted by Gasteiger charge is 2.48. The highest BCUT2D eigenvalue weighted by atomic mass is 16.5. The lowest BCUT2D eigenvalue weighted by molar-refractivity contribution is -0.113. The van der Waals surface area contributed by atoms with Gasteiger partial charge in [-0.15, -0.1) is 0 Å². The second-order valence-electron chi connectivity index (χ2n) is 5.92. The number of nitrogens with one attached hydrogen (secondary N) is 2. The Labute approximate surface area is 105 Å². The maximum absolute atomic E-state index is 5.75. The van der Waals surface area contributed by atoms with Crippen molar-refractivity contribution < 1.29 is 4.74 Å². The largest absolute Gasteiger partial charge is 0.378 e. The van der Waals surface area contributed by atoms with Crippen molar-refractivity contribution in [1.29, 1.82) is 0 Å². The van der Waals surface area contributed by atoms with E-state index in [1.54, 1.807) is 5.57 Å². The van der Waals surface area contributed by atoms with E-state index in [4.69, 9.17) is 4.74 Å². The molecule has 0 spiro atoms. The van der Waals surface area contributed by atoms with Gasteiger partial charge in [0.2, 0.25) is 0 Å². The molecule has 2 atom stereocenters. The molecule has 2 N–H and O–H groups in total. The van der Waals surface area contributed by atoms with E-state index in [9.17, 15) is 0 Å². The van der Waals surface area contributed by atoms with E-state index in [1.165, 1.54) is 5.57 Å². The summed E-state index contributed by atoms with van der Waals surface area (Å²) in [6.07, 6.45) is 1.59. The van der Waals surface area contributed by atoms with E-state index in [0.29, 0.717) is 12.1 Å². The van der Waals surface area contributed by atoms with Gasteiger partial charge in [-0.2, -0.15) is 0 Å². The average Bonchev–Trinajstić information content (AvgIpc) is 2.19. The summed E-state index contributed by atoms with van der Waals surface area (Å²) < 4.78 is 5.75. The maximum Gasteiger partial charge on any atom is 0.0655 e. The van der Waals surface area contributed by atoms with Crippen LogP contribution in [0.5, 0.6) is 0 Å². The van der Waals surface area contributed by atoms with Crippen molar-refractivity contribution in [3.63, 3.8) is 0 Å². The first-order valence-electron chi connectivity index (χ1n) is 6.79. The van der Waals surface area contributed by atoms with Gasteiger partial charge in [-0.25, -0.2) is 0 Å². The first kappa shape index (κ1) is 13.1. The molecule has 17 heavy (non-hydrogen) atoms. The third-order valence-electron chi connectivity index (χ3n) is 4.44. The fraction of sp³-hybridized carbons (Fsp3) is 0.857. The third kappa shape index (κ3) is 2.56. The molecule has 0 aromatic carbocycles. The minimum atomic E-state index is 0.277. The Balaban J connectivity index is 1.78. The van der Waals surface area contributed by atoms with E-state index in [-0.39, 0.29) is 5.41 Å². The molecule has 1 saturated heterocycles. The molecule has 2 rings (SSSR count). The van der Waals surface area contributed by atoms with E-state index in [2.05, 4.69) is 38.3 Å². The quantitative estimate of drug-likeness (QED) is 0.715. The molecule has 3 heteroatoms. The summed E-state index contributed by atoms with van der Waals surface area (Å²) >= 11 is 0. The zero-order chi connectivity index (χ0) is 12.5. The summed E-state index contributed by atoms with van der Waals surface area (Å²) in [5.41, 5.74) is 3.37. The monoisotopic (exact) mass is 238 g/mol. The van der Waals surface area contributed by atoms with Crippen LogP contribution in [0.2, 0.25) is 0 Å². The topological polar surface area (TPSA) is 33.3 Å².